The van der Waals surface area contributed by atoms with E-state index in [9.17, 15) is 9.13 Å². The van der Waals surface area contributed by atoms with Crippen LogP contribution in [0.2, 0.25) is 0 Å². The van der Waals surface area contributed by atoms with Crippen molar-refractivity contribution in [3.8, 4) is 0 Å². The Labute approximate surface area is 363 Å². The zero-order chi connectivity index (χ0) is 43.0. The highest BCUT2D eigenvalue weighted by Crippen LogP contribution is 2.53. The van der Waals surface area contributed by atoms with Crippen LogP contribution in [0.25, 0.3) is 0 Å². The summed E-state index contributed by atoms with van der Waals surface area (Å²) in [5.74, 6) is 1.34. The zero-order valence-corrected chi connectivity index (χ0v) is 41.1. The van der Waals surface area contributed by atoms with Crippen LogP contribution in [0.4, 0.5) is 0 Å². The molecule has 0 saturated carbocycles. The third kappa shape index (κ3) is 24.9. The molecule has 0 aromatic heterocycles. The van der Waals surface area contributed by atoms with Gasteiger partial charge >= 0.3 is 15.5 Å². The van der Waals surface area contributed by atoms with Crippen LogP contribution in [0.5, 0.6) is 0 Å². The minimum atomic E-state index is -3.84. The van der Waals surface area contributed by atoms with E-state index in [4.69, 9.17) is 22.9 Å². The van der Waals surface area contributed by atoms with Crippen molar-refractivity contribution in [1.82, 2.24) is 19.6 Å². The number of unbranched alkanes of at least 4 members (excludes halogenated alkanes) is 22. The van der Waals surface area contributed by atoms with Gasteiger partial charge in [-0.25, -0.2) is 9.13 Å². The second-order valence-electron chi connectivity index (χ2n) is 17.3. The summed E-state index contributed by atoms with van der Waals surface area (Å²) in [6.07, 6.45) is 31.0. The largest absolute Gasteiger partial charge is 0.457 e. The number of guanidine groups is 2. The van der Waals surface area contributed by atoms with Crippen LogP contribution < -0.4 is 0 Å². The third-order valence-corrected chi connectivity index (χ3v) is 14.4. The molecule has 0 aromatic rings. The maximum absolute atomic E-state index is 14.3. The van der Waals surface area contributed by atoms with Gasteiger partial charge in [-0.15, -0.1) is 9.53 Å². The van der Waals surface area contributed by atoms with Crippen LogP contribution in [-0.4, -0.2) is 111 Å². The minimum absolute atomic E-state index is 0.0707. The first kappa shape index (κ1) is 54.0. The van der Waals surface area contributed by atoms with Crippen molar-refractivity contribution in [2.75, 3.05) is 73.2 Å². The van der Waals surface area contributed by atoms with E-state index in [0.717, 1.165) is 77.8 Å². The molecule has 2 aliphatic heterocycles. The van der Waals surface area contributed by atoms with Gasteiger partial charge in [0.15, 0.2) is 0 Å². The molecule has 348 valence electrons. The molecule has 0 amide bonds. The summed E-state index contributed by atoms with van der Waals surface area (Å²) in [6.45, 7) is 16.0. The summed E-state index contributed by atoms with van der Waals surface area (Å²) >= 11 is 0. The maximum atomic E-state index is 14.3. The van der Waals surface area contributed by atoms with Crippen LogP contribution in [0.1, 0.15) is 202 Å². The lowest BCUT2D eigenvalue weighted by Crippen LogP contribution is -2.32. The summed E-state index contributed by atoms with van der Waals surface area (Å²) in [7, 11) is -3.69. The van der Waals surface area contributed by atoms with Crippen molar-refractivity contribution in [2.45, 2.75) is 208 Å². The predicted octanol–water partition coefficient (Wildman–Crippen LogP) is 13.1. The standard InChI is InChI=1S/C45H92N6O6P2/c1-8-11-14-17-19-21-23-25-27-30-34-50-38-36-48(6)44(50)46-58(52,54-40-32-29-16-13-10-3)55-41-33-42-56-59(53,57-43(4)5)47-45-49(7)37-39-51(45)35-31-28-26-24-22-20-18-15-12-9-2/h43H,8-42H2,1-7H3/b46-44+,47-45+. The van der Waals surface area contributed by atoms with Gasteiger partial charge in [0.1, 0.15) is 0 Å². The maximum Gasteiger partial charge on any atom is 0.457 e. The second-order valence-corrected chi connectivity index (χ2v) is 20.6. The van der Waals surface area contributed by atoms with Crippen LogP contribution in [0.15, 0.2) is 9.53 Å². The summed E-state index contributed by atoms with van der Waals surface area (Å²) in [5.41, 5.74) is 0. The SMILES string of the molecule is CCCCCCCCCCCCN1CCN(C)/C1=N\P(=O)(OCCCCCCC)OCCCOP(=O)(/N=C1\N(C)CCN1CCCCCCCCCCCC)OC(C)C. The van der Waals surface area contributed by atoms with Gasteiger partial charge in [0.25, 0.3) is 0 Å². The van der Waals surface area contributed by atoms with E-state index in [1.54, 1.807) is 0 Å². The van der Waals surface area contributed by atoms with Gasteiger partial charge in [-0.05, 0) is 39.5 Å². The molecule has 12 nitrogen and oxygen atoms in total. The van der Waals surface area contributed by atoms with Gasteiger partial charge in [0, 0.05) is 53.4 Å². The van der Waals surface area contributed by atoms with E-state index in [0.29, 0.717) is 24.9 Å². The molecule has 0 aliphatic carbocycles. The Kier molecular flexibility index (Phi) is 30.6. The van der Waals surface area contributed by atoms with Gasteiger partial charge in [-0.3, -0.25) is 18.1 Å². The first-order chi connectivity index (χ1) is 28.6. The summed E-state index contributed by atoms with van der Waals surface area (Å²) in [5, 5.41) is 0. The smallest absolute Gasteiger partial charge is 0.344 e. The van der Waals surface area contributed by atoms with Gasteiger partial charge < -0.3 is 19.6 Å². The van der Waals surface area contributed by atoms with Crippen LogP contribution in [0, 0.1) is 0 Å². The van der Waals surface area contributed by atoms with E-state index >= 15 is 0 Å². The molecule has 2 fully saturated rings. The first-order valence-corrected chi connectivity index (χ1v) is 27.5. The van der Waals surface area contributed by atoms with E-state index in [1.165, 1.54) is 122 Å². The Morgan fingerprint density at radius 2 is 0.780 bits per heavy atom. The topological polar surface area (TPSA) is 109 Å². The quantitative estimate of drug-likeness (QED) is 0.0437. The highest BCUT2D eigenvalue weighted by Gasteiger charge is 2.34. The molecule has 14 heteroatoms. The second kappa shape index (κ2) is 33.4. The monoisotopic (exact) mass is 875 g/mol. The molecule has 0 aromatic carbocycles. The Balaban J connectivity index is 1.95. The average molecular weight is 875 g/mol. The summed E-state index contributed by atoms with van der Waals surface area (Å²) in [4.78, 5) is 8.53. The molecule has 0 bridgehead atoms. The van der Waals surface area contributed by atoms with Crippen LogP contribution >= 0.6 is 15.5 Å². The Hall–Kier alpha value is -1.16. The third-order valence-electron chi connectivity index (χ3n) is 11.3. The van der Waals surface area contributed by atoms with E-state index in [-0.39, 0.29) is 19.3 Å². The number of likely N-dealkylation sites (N-methyl/N-ethyl adjacent to an activating group) is 2. The number of hydrogen-bond donors (Lipinski definition) is 0. The normalized spacial score (nSPS) is 18.3. The Bertz CT molecular complexity index is 1210. The molecule has 2 saturated heterocycles. The molecule has 2 atom stereocenters. The lowest BCUT2D eigenvalue weighted by atomic mass is 10.1. The molecule has 59 heavy (non-hydrogen) atoms. The van der Waals surface area contributed by atoms with Gasteiger partial charge in [-0.2, -0.15) is 0 Å². The fourth-order valence-electron chi connectivity index (χ4n) is 7.67. The fraction of sp³-hybridized carbons (Fsp3) is 0.956. The van der Waals surface area contributed by atoms with Gasteiger partial charge in [0.05, 0.1) is 25.9 Å². The molecular weight excluding hydrogens is 782 g/mol. The van der Waals surface area contributed by atoms with Crippen LogP contribution in [-0.2, 0) is 27.2 Å². The van der Waals surface area contributed by atoms with Crippen molar-refractivity contribution in [2.24, 2.45) is 9.53 Å². The van der Waals surface area contributed by atoms with E-state index < -0.39 is 15.5 Å². The van der Waals surface area contributed by atoms with Gasteiger partial charge in [0.2, 0.25) is 11.9 Å². The molecule has 2 heterocycles. The molecule has 2 rings (SSSR count). The molecule has 2 unspecified atom stereocenters. The molecule has 0 spiro atoms. The minimum Gasteiger partial charge on any atom is -0.344 e. The lowest BCUT2D eigenvalue weighted by Gasteiger charge is -2.24. The Morgan fingerprint density at radius 1 is 0.458 bits per heavy atom. The molecular formula is C45H92N6O6P2. The van der Waals surface area contributed by atoms with Crippen molar-refractivity contribution < 1.29 is 27.2 Å². The fourth-order valence-corrected chi connectivity index (χ4v) is 10.6. The molecule has 2 aliphatic rings. The summed E-state index contributed by atoms with van der Waals surface area (Å²) < 4.78 is 61.6. The van der Waals surface area contributed by atoms with Crippen molar-refractivity contribution in [3.05, 3.63) is 0 Å². The average Bonchev–Trinajstić information content (AvgIpc) is 3.72. The number of nitrogens with zero attached hydrogens (tertiary/aromatic N) is 6. The first-order valence-electron chi connectivity index (χ1n) is 24.5. The number of hydrogen-bond acceptors (Lipinski definition) is 6. The molecule has 0 radical (unpaired) electrons. The highest BCUT2D eigenvalue weighted by atomic mass is 31.2. The van der Waals surface area contributed by atoms with Crippen LogP contribution in [0.3, 0.4) is 0 Å². The van der Waals surface area contributed by atoms with Crippen molar-refractivity contribution in [1.29, 1.82) is 0 Å². The predicted molar refractivity (Wildman–Crippen MR) is 250 cm³/mol. The Morgan fingerprint density at radius 3 is 1.17 bits per heavy atom. The van der Waals surface area contributed by atoms with Gasteiger partial charge in [-0.1, -0.05) is 162 Å². The van der Waals surface area contributed by atoms with E-state index in [1.807, 2.05) is 32.8 Å². The zero-order valence-electron chi connectivity index (χ0n) is 39.4. The highest BCUT2D eigenvalue weighted by molar-refractivity contribution is 7.53. The number of rotatable bonds is 39. The lowest BCUT2D eigenvalue weighted by molar-refractivity contribution is 0.153. The summed E-state index contributed by atoms with van der Waals surface area (Å²) in [6, 6.07) is 0. The van der Waals surface area contributed by atoms with Crippen molar-refractivity contribution >= 4 is 27.4 Å². The van der Waals surface area contributed by atoms with Crippen molar-refractivity contribution in [3.63, 3.8) is 0 Å². The van der Waals surface area contributed by atoms with E-state index in [2.05, 4.69) is 40.2 Å². The molecule has 0 N–H and O–H groups in total.